The van der Waals surface area contributed by atoms with Crippen molar-refractivity contribution in [3.8, 4) is 0 Å². The van der Waals surface area contributed by atoms with Crippen molar-refractivity contribution in [3.63, 3.8) is 0 Å². The van der Waals surface area contributed by atoms with Crippen LogP contribution >= 0.6 is 0 Å². The summed E-state index contributed by atoms with van der Waals surface area (Å²) in [6.07, 6.45) is 3.73. The summed E-state index contributed by atoms with van der Waals surface area (Å²) in [5.41, 5.74) is 2.59. The van der Waals surface area contributed by atoms with E-state index in [9.17, 15) is 4.79 Å². The third-order valence-electron chi connectivity index (χ3n) is 4.78. The molecule has 0 unspecified atom stereocenters. The second kappa shape index (κ2) is 6.31. The van der Waals surface area contributed by atoms with Crippen LogP contribution in [0, 0.1) is 0 Å². The summed E-state index contributed by atoms with van der Waals surface area (Å²) in [5.74, 6) is 0.690. The third kappa shape index (κ3) is 3.01. The van der Waals surface area contributed by atoms with Gasteiger partial charge < -0.3 is 9.42 Å². The van der Waals surface area contributed by atoms with E-state index < -0.39 is 0 Å². The van der Waals surface area contributed by atoms with Gasteiger partial charge in [0.25, 0.3) is 5.91 Å². The van der Waals surface area contributed by atoms with Crippen LogP contribution < -0.4 is 0 Å². The highest BCUT2D eigenvalue weighted by Crippen LogP contribution is 2.28. The minimum atomic E-state index is -0.0910. The molecule has 4 rings (SSSR count). The summed E-state index contributed by atoms with van der Waals surface area (Å²) in [6, 6.07) is 5.81. The molecule has 1 fully saturated rings. The largest absolute Gasteiger partial charge is 0.351 e. The molecule has 0 saturated carbocycles. The summed E-state index contributed by atoms with van der Waals surface area (Å²) >= 11 is 0. The number of carbonyl (C=O) groups excluding carboxylic acids is 1. The first-order valence-corrected chi connectivity index (χ1v) is 8.67. The predicted molar refractivity (Wildman–Crippen MR) is 92.4 cm³/mol. The van der Waals surface area contributed by atoms with E-state index in [-0.39, 0.29) is 17.7 Å². The van der Waals surface area contributed by atoms with E-state index in [1.165, 1.54) is 0 Å². The van der Waals surface area contributed by atoms with E-state index in [2.05, 4.69) is 20.3 Å². The van der Waals surface area contributed by atoms with Gasteiger partial charge in [-0.3, -0.25) is 9.89 Å². The molecule has 1 atom stereocenters. The predicted octanol–water partition coefficient (Wildman–Crippen LogP) is 3.09. The molecular formula is C18H21N5O2. The quantitative estimate of drug-likeness (QED) is 0.792. The van der Waals surface area contributed by atoms with E-state index in [0.29, 0.717) is 12.3 Å². The fourth-order valence-corrected chi connectivity index (χ4v) is 3.29. The average Bonchev–Trinajstić information content (AvgIpc) is 3.30. The highest BCUT2D eigenvalue weighted by molar-refractivity contribution is 5.91. The lowest BCUT2D eigenvalue weighted by atomic mass is 9.94. The molecule has 0 aromatic carbocycles. The topological polar surface area (TPSA) is 87.9 Å². The second-order valence-electron chi connectivity index (χ2n) is 6.91. The molecule has 1 aliphatic rings. The normalized spacial score (nSPS) is 18.2. The SMILES string of the molecule is CC(C)c1cc(C(=O)N2CCC[C@@H](c3ccc4cn[nH]c4n3)C2)on1. The van der Waals surface area contributed by atoms with Gasteiger partial charge in [-0.1, -0.05) is 19.0 Å². The summed E-state index contributed by atoms with van der Waals surface area (Å²) in [7, 11) is 0. The fraction of sp³-hybridized carbons (Fsp3) is 0.444. The van der Waals surface area contributed by atoms with Crippen LogP contribution in [-0.4, -0.2) is 44.2 Å². The Morgan fingerprint density at radius 3 is 3.08 bits per heavy atom. The number of pyridine rings is 1. The van der Waals surface area contributed by atoms with Gasteiger partial charge in [0.15, 0.2) is 5.65 Å². The molecule has 130 valence electrons. The number of piperidine rings is 1. The van der Waals surface area contributed by atoms with Crippen molar-refractivity contribution in [2.45, 2.75) is 38.5 Å². The lowest BCUT2D eigenvalue weighted by Crippen LogP contribution is -2.39. The number of hydrogen-bond donors (Lipinski definition) is 1. The van der Waals surface area contributed by atoms with Crippen molar-refractivity contribution in [3.05, 3.63) is 41.5 Å². The number of likely N-dealkylation sites (tertiary alicyclic amines) is 1. The number of fused-ring (bicyclic) bond motifs is 1. The van der Waals surface area contributed by atoms with Crippen molar-refractivity contribution in [2.75, 3.05) is 13.1 Å². The molecule has 1 saturated heterocycles. The van der Waals surface area contributed by atoms with Gasteiger partial charge in [0.1, 0.15) is 0 Å². The van der Waals surface area contributed by atoms with E-state index >= 15 is 0 Å². The monoisotopic (exact) mass is 339 g/mol. The van der Waals surface area contributed by atoms with Crippen LogP contribution in [-0.2, 0) is 0 Å². The Bertz CT molecular complexity index is 898. The minimum Gasteiger partial charge on any atom is -0.351 e. The van der Waals surface area contributed by atoms with Crippen molar-refractivity contribution >= 4 is 16.9 Å². The Kier molecular flexibility index (Phi) is 3.99. The van der Waals surface area contributed by atoms with Gasteiger partial charge >= 0.3 is 0 Å². The number of carbonyl (C=O) groups is 1. The summed E-state index contributed by atoms with van der Waals surface area (Å²) in [6.45, 7) is 5.43. The van der Waals surface area contributed by atoms with Crippen LogP contribution in [0.4, 0.5) is 0 Å². The van der Waals surface area contributed by atoms with Crippen molar-refractivity contribution in [2.24, 2.45) is 0 Å². The summed E-state index contributed by atoms with van der Waals surface area (Å²) in [4.78, 5) is 19.2. The number of nitrogens with zero attached hydrogens (tertiary/aromatic N) is 4. The molecule has 0 bridgehead atoms. The number of H-pyrrole nitrogens is 1. The van der Waals surface area contributed by atoms with Gasteiger partial charge in [0.2, 0.25) is 5.76 Å². The zero-order valence-electron chi connectivity index (χ0n) is 14.4. The third-order valence-corrected chi connectivity index (χ3v) is 4.78. The molecule has 4 heterocycles. The molecule has 1 amide bonds. The molecule has 0 spiro atoms. The zero-order valence-corrected chi connectivity index (χ0v) is 14.4. The maximum absolute atomic E-state index is 12.7. The van der Waals surface area contributed by atoms with Crippen molar-refractivity contribution in [1.29, 1.82) is 0 Å². The first-order chi connectivity index (χ1) is 12.1. The molecule has 3 aromatic heterocycles. The zero-order chi connectivity index (χ0) is 17.4. The van der Waals surface area contributed by atoms with E-state index in [0.717, 1.165) is 41.8 Å². The number of aromatic nitrogens is 4. The molecule has 7 nitrogen and oxygen atoms in total. The van der Waals surface area contributed by atoms with Gasteiger partial charge in [0.05, 0.1) is 11.9 Å². The van der Waals surface area contributed by atoms with Crippen LogP contribution in [0.3, 0.4) is 0 Å². The lowest BCUT2D eigenvalue weighted by molar-refractivity contribution is 0.0664. The maximum atomic E-state index is 12.7. The Labute approximate surface area is 145 Å². The van der Waals surface area contributed by atoms with E-state index in [4.69, 9.17) is 4.52 Å². The Hall–Kier alpha value is -2.70. The molecule has 1 aliphatic heterocycles. The molecule has 0 radical (unpaired) electrons. The molecule has 1 N–H and O–H groups in total. The fourth-order valence-electron chi connectivity index (χ4n) is 3.29. The average molecular weight is 339 g/mol. The molecular weight excluding hydrogens is 318 g/mol. The van der Waals surface area contributed by atoms with Gasteiger partial charge in [-0.25, -0.2) is 4.98 Å². The summed E-state index contributed by atoms with van der Waals surface area (Å²) in [5, 5.41) is 11.9. The van der Waals surface area contributed by atoms with Gasteiger partial charge in [-0.2, -0.15) is 5.10 Å². The molecule has 25 heavy (non-hydrogen) atoms. The van der Waals surface area contributed by atoms with Crippen LogP contribution in [0.2, 0.25) is 0 Å². The van der Waals surface area contributed by atoms with Crippen molar-refractivity contribution in [1.82, 2.24) is 25.2 Å². The van der Waals surface area contributed by atoms with Crippen LogP contribution in [0.15, 0.2) is 28.9 Å². The second-order valence-corrected chi connectivity index (χ2v) is 6.91. The number of nitrogens with one attached hydrogen (secondary N) is 1. The van der Waals surface area contributed by atoms with Gasteiger partial charge in [0, 0.05) is 36.2 Å². The van der Waals surface area contributed by atoms with Gasteiger partial charge in [-0.15, -0.1) is 0 Å². The van der Waals surface area contributed by atoms with Crippen LogP contribution in [0.1, 0.15) is 60.5 Å². The first-order valence-electron chi connectivity index (χ1n) is 8.67. The maximum Gasteiger partial charge on any atom is 0.292 e. The van der Waals surface area contributed by atoms with Gasteiger partial charge in [-0.05, 0) is 30.9 Å². The minimum absolute atomic E-state index is 0.0910. The smallest absolute Gasteiger partial charge is 0.292 e. The molecule has 0 aliphatic carbocycles. The number of aromatic amines is 1. The van der Waals surface area contributed by atoms with E-state index in [1.54, 1.807) is 12.3 Å². The first kappa shape index (κ1) is 15.8. The summed E-state index contributed by atoms with van der Waals surface area (Å²) < 4.78 is 5.26. The number of amides is 1. The number of rotatable bonds is 3. The Morgan fingerprint density at radius 2 is 2.28 bits per heavy atom. The Balaban J connectivity index is 1.52. The highest BCUT2D eigenvalue weighted by atomic mass is 16.5. The van der Waals surface area contributed by atoms with Crippen LogP contribution in [0.5, 0.6) is 0 Å². The molecule has 7 heteroatoms. The molecule has 3 aromatic rings. The number of hydrogen-bond acceptors (Lipinski definition) is 5. The highest BCUT2D eigenvalue weighted by Gasteiger charge is 2.28. The van der Waals surface area contributed by atoms with Crippen LogP contribution in [0.25, 0.3) is 11.0 Å². The van der Waals surface area contributed by atoms with Crippen molar-refractivity contribution < 1.29 is 9.32 Å². The lowest BCUT2D eigenvalue weighted by Gasteiger charge is -2.31. The van der Waals surface area contributed by atoms with E-state index in [1.807, 2.05) is 30.9 Å². The standard InChI is InChI=1S/C18H21N5O2/c1-11(2)15-8-16(25-22-15)18(24)23-7-3-4-13(10-23)14-6-5-12-9-19-21-17(12)20-14/h5-6,8-9,11,13H,3-4,7,10H2,1-2H3,(H,19,20,21)/t13-/m1/s1. The Morgan fingerprint density at radius 1 is 1.40 bits per heavy atom.